The molecular weight excluding hydrogens is 246 g/mol. The van der Waals surface area contributed by atoms with Gasteiger partial charge in [0.25, 0.3) is 0 Å². The molecule has 0 bridgehead atoms. The number of aromatic hydroxyl groups is 1. The van der Waals surface area contributed by atoms with Gasteiger partial charge < -0.3 is 10.4 Å². The fraction of sp³-hybridized carbons (Fsp3) is 0.300. The molecule has 0 aliphatic carbocycles. The zero-order valence-electron chi connectivity index (χ0n) is 7.46. The molecule has 0 aromatic heterocycles. The topological polar surface area (TPSA) is 49.3 Å². The third-order valence-electron chi connectivity index (χ3n) is 2.35. The average Bonchev–Trinajstić information content (AvgIpc) is 2.56. The Hall–Kier alpha value is -1.03. The Balaban J connectivity index is 2.31. The molecule has 14 heavy (non-hydrogen) atoms. The van der Waals surface area contributed by atoms with E-state index in [9.17, 15) is 9.90 Å². The number of phenolic OH excluding ortho intramolecular Hbond substituents is 1. The number of carbonyl (C=O) groups is 1. The van der Waals surface area contributed by atoms with Crippen molar-refractivity contribution in [2.75, 3.05) is 0 Å². The highest BCUT2D eigenvalue weighted by Gasteiger charge is 2.23. The van der Waals surface area contributed by atoms with Crippen LogP contribution in [0, 0.1) is 0 Å². The van der Waals surface area contributed by atoms with E-state index in [4.69, 9.17) is 0 Å². The smallest absolute Gasteiger partial charge is 0.220 e. The Labute approximate surface area is 90.3 Å². The molecule has 1 fully saturated rings. The Morgan fingerprint density at radius 2 is 2.29 bits per heavy atom. The Kier molecular flexibility index (Phi) is 2.46. The fourth-order valence-electron chi connectivity index (χ4n) is 1.65. The van der Waals surface area contributed by atoms with Crippen molar-refractivity contribution >= 4 is 21.8 Å². The quantitative estimate of drug-likeness (QED) is 0.808. The van der Waals surface area contributed by atoms with Gasteiger partial charge in [-0.15, -0.1) is 0 Å². The molecule has 2 rings (SSSR count). The van der Waals surface area contributed by atoms with Crippen molar-refractivity contribution in [2.45, 2.75) is 18.9 Å². The van der Waals surface area contributed by atoms with Gasteiger partial charge in [0.2, 0.25) is 5.91 Å². The number of hydrogen-bond acceptors (Lipinski definition) is 2. The first-order chi connectivity index (χ1) is 6.66. The van der Waals surface area contributed by atoms with Gasteiger partial charge in [-0.25, -0.2) is 0 Å². The number of hydrogen-bond donors (Lipinski definition) is 2. The second kappa shape index (κ2) is 3.61. The predicted molar refractivity (Wildman–Crippen MR) is 55.9 cm³/mol. The number of carbonyl (C=O) groups excluding carboxylic acids is 1. The molecule has 74 valence electrons. The first-order valence-electron chi connectivity index (χ1n) is 4.44. The van der Waals surface area contributed by atoms with E-state index in [-0.39, 0.29) is 17.7 Å². The highest BCUT2D eigenvalue weighted by molar-refractivity contribution is 9.10. The van der Waals surface area contributed by atoms with Crippen LogP contribution in [0.5, 0.6) is 5.75 Å². The number of amides is 1. The van der Waals surface area contributed by atoms with Gasteiger partial charge in [0.1, 0.15) is 5.75 Å². The summed E-state index contributed by atoms with van der Waals surface area (Å²) in [4.78, 5) is 11.0. The van der Waals surface area contributed by atoms with Gasteiger partial charge in [0.05, 0.1) is 6.04 Å². The van der Waals surface area contributed by atoms with E-state index in [1.165, 1.54) is 0 Å². The maximum absolute atomic E-state index is 11.0. The number of benzene rings is 1. The van der Waals surface area contributed by atoms with Crippen LogP contribution in [0.4, 0.5) is 0 Å². The average molecular weight is 256 g/mol. The molecule has 1 aliphatic heterocycles. The lowest BCUT2D eigenvalue weighted by atomic mass is 10.1. The van der Waals surface area contributed by atoms with E-state index < -0.39 is 0 Å². The van der Waals surface area contributed by atoms with Crippen LogP contribution in [0.3, 0.4) is 0 Å². The molecule has 1 amide bonds. The van der Waals surface area contributed by atoms with Crippen LogP contribution in [-0.4, -0.2) is 11.0 Å². The minimum absolute atomic E-state index is 0.0315. The minimum Gasteiger partial charge on any atom is -0.508 e. The molecule has 1 aromatic rings. The summed E-state index contributed by atoms with van der Waals surface area (Å²) in [5, 5.41) is 12.2. The zero-order chi connectivity index (χ0) is 10.1. The Bertz CT molecular complexity index is 378. The SMILES string of the molecule is O=C1CC[C@@H](c2cc(O)ccc2Br)N1. The third-order valence-corrected chi connectivity index (χ3v) is 3.07. The van der Waals surface area contributed by atoms with Crippen molar-refractivity contribution in [3.63, 3.8) is 0 Å². The summed E-state index contributed by atoms with van der Waals surface area (Å²) in [5.74, 6) is 0.301. The summed E-state index contributed by atoms with van der Waals surface area (Å²) in [5.41, 5.74) is 0.941. The summed E-state index contributed by atoms with van der Waals surface area (Å²) in [6.45, 7) is 0. The molecule has 1 heterocycles. The number of halogens is 1. The zero-order valence-corrected chi connectivity index (χ0v) is 9.04. The minimum atomic E-state index is 0.0315. The van der Waals surface area contributed by atoms with Crippen molar-refractivity contribution in [2.24, 2.45) is 0 Å². The summed E-state index contributed by atoms with van der Waals surface area (Å²) < 4.78 is 0.919. The van der Waals surface area contributed by atoms with Crippen molar-refractivity contribution < 1.29 is 9.90 Å². The highest BCUT2D eigenvalue weighted by atomic mass is 79.9. The normalized spacial score (nSPS) is 20.9. The van der Waals surface area contributed by atoms with E-state index in [0.29, 0.717) is 6.42 Å². The van der Waals surface area contributed by atoms with Crippen molar-refractivity contribution in [3.8, 4) is 5.75 Å². The van der Waals surface area contributed by atoms with E-state index in [0.717, 1.165) is 16.5 Å². The van der Waals surface area contributed by atoms with Gasteiger partial charge in [-0.1, -0.05) is 15.9 Å². The lowest BCUT2D eigenvalue weighted by Crippen LogP contribution is -2.18. The first-order valence-corrected chi connectivity index (χ1v) is 5.24. The van der Waals surface area contributed by atoms with Crippen LogP contribution in [0.25, 0.3) is 0 Å². The Morgan fingerprint density at radius 3 is 2.93 bits per heavy atom. The molecule has 1 aromatic carbocycles. The summed E-state index contributed by atoms with van der Waals surface area (Å²) in [6.07, 6.45) is 1.35. The highest BCUT2D eigenvalue weighted by Crippen LogP contribution is 2.32. The van der Waals surface area contributed by atoms with Crippen LogP contribution >= 0.6 is 15.9 Å². The van der Waals surface area contributed by atoms with Crippen molar-refractivity contribution in [1.82, 2.24) is 5.32 Å². The van der Waals surface area contributed by atoms with Gasteiger partial charge in [-0.2, -0.15) is 0 Å². The first kappa shape index (κ1) is 9.52. The molecule has 0 radical (unpaired) electrons. The number of rotatable bonds is 1. The lowest BCUT2D eigenvalue weighted by molar-refractivity contribution is -0.119. The Morgan fingerprint density at radius 1 is 1.50 bits per heavy atom. The van der Waals surface area contributed by atoms with Gasteiger partial charge in [0.15, 0.2) is 0 Å². The van der Waals surface area contributed by atoms with Gasteiger partial charge in [0, 0.05) is 10.9 Å². The number of phenols is 1. The maximum atomic E-state index is 11.0. The van der Waals surface area contributed by atoms with E-state index >= 15 is 0 Å². The molecule has 1 atom stereocenters. The van der Waals surface area contributed by atoms with Crippen LogP contribution in [0.2, 0.25) is 0 Å². The van der Waals surface area contributed by atoms with E-state index in [2.05, 4.69) is 21.2 Å². The molecule has 3 nitrogen and oxygen atoms in total. The second-order valence-electron chi connectivity index (χ2n) is 3.36. The molecule has 1 aliphatic rings. The van der Waals surface area contributed by atoms with Crippen molar-refractivity contribution in [1.29, 1.82) is 0 Å². The number of nitrogens with one attached hydrogen (secondary N) is 1. The lowest BCUT2D eigenvalue weighted by Gasteiger charge is -2.12. The van der Waals surface area contributed by atoms with Crippen LogP contribution in [-0.2, 0) is 4.79 Å². The van der Waals surface area contributed by atoms with Gasteiger partial charge in [-0.05, 0) is 30.2 Å². The van der Waals surface area contributed by atoms with E-state index in [1.807, 2.05) is 0 Å². The van der Waals surface area contributed by atoms with Gasteiger partial charge >= 0.3 is 0 Å². The summed E-state index contributed by atoms with van der Waals surface area (Å²) in [7, 11) is 0. The predicted octanol–water partition coefficient (Wildman–Crippen LogP) is 2.11. The third kappa shape index (κ3) is 1.75. The maximum Gasteiger partial charge on any atom is 0.220 e. The monoisotopic (exact) mass is 255 g/mol. The van der Waals surface area contributed by atoms with Crippen LogP contribution in [0.1, 0.15) is 24.4 Å². The summed E-state index contributed by atoms with van der Waals surface area (Å²) >= 11 is 3.40. The van der Waals surface area contributed by atoms with Crippen LogP contribution < -0.4 is 5.32 Å². The molecule has 0 spiro atoms. The standard InChI is InChI=1S/C10H10BrNO2/c11-8-2-1-6(13)5-7(8)9-3-4-10(14)12-9/h1-2,5,9,13H,3-4H2,(H,12,14)/t9-/m0/s1. The molecular formula is C10H10BrNO2. The van der Waals surface area contributed by atoms with E-state index in [1.54, 1.807) is 18.2 Å². The second-order valence-corrected chi connectivity index (χ2v) is 4.22. The molecule has 0 saturated carbocycles. The molecule has 2 N–H and O–H groups in total. The van der Waals surface area contributed by atoms with Crippen molar-refractivity contribution in [3.05, 3.63) is 28.2 Å². The molecule has 0 unspecified atom stereocenters. The molecule has 4 heteroatoms. The largest absolute Gasteiger partial charge is 0.508 e. The molecule has 1 saturated heterocycles. The van der Waals surface area contributed by atoms with Crippen LogP contribution in [0.15, 0.2) is 22.7 Å². The fourth-order valence-corrected chi connectivity index (χ4v) is 2.17. The van der Waals surface area contributed by atoms with Gasteiger partial charge in [-0.3, -0.25) is 4.79 Å². The summed E-state index contributed by atoms with van der Waals surface area (Å²) in [6, 6.07) is 5.11.